The molecule has 5 nitrogen and oxygen atoms in total. The number of aromatic nitrogens is 2. The number of anilines is 1. The van der Waals surface area contributed by atoms with Crippen molar-refractivity contribution in [1.29, 1.82) is 0 Å². The molecule has 0 bridgehead atoms. The van der Waals surface area contributed by atoms with Gasteiger partial charge in [-0.15, -0.1) is 0 Å². The van der Waals surface area contributed by atoms with Gasteiger partial charge in [-0.1, -0.05) is 11.6 Å². The van der Waals surface area contributed by atoms with E-state index in [9.17, 15) is 4.79 Å². The number of hydrogen-bond acceptors (Lipinski definition) is 4. The van der Waals surface area contributed by atoms with Gasteiger partial charge < -0.3 is 10.1 Å². The highest BCUT2D eigenvalue weighted by atomic mass is 35.5. The minimum Gasteiger partial charge on any atom is -0.465 e. The Morgan fingerprint density at radius 1 is 1.48 bits per heavy atom. The van der Waals surface area contributed by atoms with Crippen LogP contribution < -0.4 is 5.32 Å². The van der Waals surface area contributed by atoms with Crippen LogP contribution in [0.3, 0.4) is 0 Å². The van der Waals surface area contributed by atoms with E-state index >= 15 is 0 Å². The molecule has 0 spiro atoms. The van der Waals surface area contributed by atoms with Crippen molar-refractivity contribution in [2.75, 3.05) is 12.4 Å². The number of benzene rings is 1. The first-order chi connectivity index (χ1) is 10.0. The second-order valence-corrected chi connectivity index (χ2v) is 5.39. The molecule has 1 aromatic heterocycles. The average Bonchev–Trinajstić information content (AvgIpc) is 2.94. The predicted octanol–water partition coefficient (Wildman–Crippen LogP) is 3.52. The molecule has 1 N–H and O–H groups in total. The van der Waals surface area contributed by atoms with Crippen molar-refractivity contribution in [3.05, 3.63) is 46.7 Å². The Balaban J connectivity index is 2.13. The van der Waals surface area contributed by atoms with Crippen LogP contribution in [0, 0.1) is 0 Å². The Kier molecular flexibility index (Phi) is 4.85. The molecule has 0 amide bonds. The zero-order valence-electron chi connectivity index (χ0n) is 12.3. The average molecular weight is 308 g/mol. The summed E-state index contributed by atoms with van der Waals surface area (Å²) in [6.45, 7) is 4.70. The van der Waals surface area contributed by atoms with E-state index in [-0.39, 0.29) is 0 Å². The highest BCUT2D eigenvalue weighted by molar-refractivity contribution is 6.31. The van der Waals surface area contributed by atoms with Gasteiger partial charge in [0.05, 0.1) is 18.9 Å². The van der Waals surface area contributed by atoms with E-state index in [0.29, 0.717) is 28.9 Å². The quantitative estimate of drug-likeness (QED) is 0.859. The number of rotatable bonds is 5. The van der Waals surface area contributed by atoms with Crippen molar-refractivity contribution in [1.82, 2.24) is 9.78 Å². The zero-order chi connectivity index (χ0) is 15.4. The molecule has 6 heteroatoms. The molecule has 112 valence electrons. The second kappa shape index (κ2) is 6.63. The zero-order valence-corrected chi connectivity index (χ0v) is 13.0. The lowest BCUT2D eigenvalue weighted by molar-refractivity contribution is 0.0602. The first-order valence-electron chi connectivity index (χ1n) is 6.66. The van der Waals surface area contributed by atoms with Crippen LogP contribution in [0.4, 0.5) is 5.69 Å². The van der Waals surface area contributed by atoms with Crippen LogP contribution in [0.25, 0.3) is 0 Å². The topological polar surface area (TPSA) is 56.1 Å². The van der Waals surface area contributed by atoms with Crippen LogP contribution >= 0.6 is 11.6 Å². The third-order valence-corrected chi connectivity index (χ3v) is 3.29. The Morgan fingerprint density at radius 2 is 2.24 bits per heavy atom. The SMILES string of the molecule is COC(=O)c1cc(Cl)ccc1NCc1cnn(C(C)C)c1. The summed E-state index contributed by atoms with van der Waals surface area (Å²) in [6.07, 6.45) is 3.78. The second-order valence-electron chi connectivity index (χ2n) is 4.96. The van der Waals surface area contributed by atoms with Gasteiger partial charge in [0.1, 0.15) is 0 Å². The van der Waals surface area contributed by atoms with Gasteiger partial charge in [0, 0.05) is 35.1 Å². The highest BCUT2D eigenvalue weighted by Gasteiger charge is 2.12. The summed E-state index contributed by atoms with van der Waals surface area (Å²) in [6, 6.07) is 5.41. The Hall–Kier alpha value is -2.01. The van der Waals surface area contributed by atoms with Gasteiger partial charge in [0.2, 0.25) is 0 Å². The number of nitrogens with one attached hydrogen (secondary N) is 1. The molecule has 2 aromatic rings. The molecular weight excluding hydrogens is 290 g/mol. The van der Waals surface area contributed by atoms with Crippen molar-refractivity contribution >= 4 is 23.3 Å². The lowest BCUT2D eigenvalue weighted by Gasteiger charge is -2.10. The van der Waals surface area contributed by atoms with Gasteiger partial charge in [-0.3, -0.25) is 4.68 Å². The van der Waals surface area contributed by atoms with E-state index in [0.717, 1.165) is 5.56 Å². The van der Waals surface area contributed by atoms with E-state index in [2.05, 4.69) is 24.3 Å². The molecule has 0 radical (unpaired) electrons. The highest BCUT2D eigenvalue weighted by Crippen LogP contribution is 2.22. The van der Waals surface area contributed by atoms with Crippen molar-refractivity contribution < 1.29 is 9.53 Å². The van der Waals surface area contributed by atoms with Gasteiger partial charge in [-0.25, -0.2) is 4.79 Å². The predicted molar refractivity (Wildman–Crippen MR) is 82.7 cm³/mol. The minimum atomic E-state index is -0.419. The smallest absolute Gasteiger partial charge is 0.340 e. The lowest BCUT2D eigenvalue weighted by atomic mass is 10.1. The Morgan fingerprint density at radius 3 is 2.86 bits per heavy atom. The number of hydrogen-bond donors (Lipinski definition) is 1. The molecular formula is C15H18ClN3O2. The number of ether oxygens (including phenoxy) is 1. The molecule has 0 fully saturated rings. The monoisotopic (exact) mass is 307 g/mol. The Labute approximate surface area is 128 Å². The van der Waals surface area contributed by atoms with E-state index in [1.165, 1.54) is 7.11 Å². The molecule has 0 saturated carbocycles. The number of carbonyl (C=O) groups is 1. The molecule has 0 saturated heterocycles. The van der Waals surface area contributed by atoms with Crippen molar-refractivity contribution in [3.63, 3.8) is 0 Å². The van der Waals surface area contributed by atoms with Crippen LogP contribution in [0.2, 0.25) is 5.02 Å². The fraction of sp³-hybridized carbons (Fsp3) is 0.333. The maximum absolute atomic E-state index is 11.8. The number of esters is 1. The number of carbonyl (C=O) groups excluding carboxylic acids is 1. The largest absolute Gasteiger partial charge is 0.465 e. The van der Waals surface area contributed by atoms with Gasteiger partial charge in [-0.2, -0.15) is 5.10 Å². The summed E-state index contributed by atoms with van der Waals surface area (Å²) < 4.78 is 6.65. The number of halogens is 1. The summed E-state index contributed by atoms with van der Waals surface area (Å²) in [5.41, 5.74) is 2.14. The molecule has 2 rings (SSSR count). The fourth-order valence-electron chi connectivity index (χ4n) is 1.90. The molecule has 1 heterocycles. The van der Waals surface area contributed by atoms with Gasteiger partial charge >= 0.3 is 5.97 Å². The summed E-state index contributed by atoms with van der Waals surface area (Å²) in [4.78, 5) is 11.8. The molecule has 0 aliphatic rings. The Bertz CT molecular complexity index is 638. The van der Waals surface area contributed by atoms with Gasteiger partial charge in [-0.05, 0) is 32.0 Å². The summed E-state index contributed by atoms with van der Waals surface area (Å²) >= 11 is 5.92. The maximum atomic E-state index is 11.8. The first-order valence-corrected chi connectivity index (χ1v) is 7.04. The number of nitrogens with zero attached hydrogens (tertiary/aromatic N) is 2. The molecule has 21 heavy (non-hydrogen) atoms. The fourth-order valence-corrected chi connectivity index (χ4v) is 2.07. The van der Waals surface area contributed by atoms with Crippen molar-refractivity contribution in [2.24, 2.45) is 0 Å². The van der Waals surface area contributed by atoms with Gasteiger partial charge in [0.15, 0.2) is 0 Å². The third-order valence-electron chi connectivity index (χ3n) is 3.05. The first kappa shape index (κ1) is 15.4. The third kappa shape index (κ3) is 3.76. The van der Waals surface area contributed by atoms with E-state index in [4.69, 9.17) is 16.3 Å². The number of methoxy groups -OCH3 is 1. The van der Waals surface area contributed by atoms with Crippen molar-refractivity contribution in [3.8, 4) is 0 Å². The molecule has 0 aliphatic heterocycles. The van der Waals surface area contributed by atoms with Crippen LogP contribution in [-0.4, -0.2) is 22.9 Å². The standard InChI is InChI=1S/C15H18ClN3O2/c1-10(2)19-9-11(8-18-19)7-17-14-5-4-12(16)6-13(14)15(20)21-3/h4-6,8-10,17H,7H2,1-3H3. The molecule has 0 aliphatic carbocycles. The molecule has 0 unspecified atom stereocenters. The van der Waals surface area contributed by atoms with Crippen LogP contribution in [0.15, 0.2) is 30.6 Å². The van der Waals surface area contributed by atoms with Crippen LogP contribution in [0.5, 0.6) is 0 Å². The normalized spacial score (nSPS) is 10.7. The molecule has 0 atom stereocenters. The van der Waals surface area contributed by atoms with Crippen LogP contribution in [0.1, 0.15) is 35.8 Å². The van der Waals surface area contributed by atoms with E-state index < -0.39 is 5.97 Å². The van der Waals surface area contributed by atoms with Gasteiger partial charge in [0.25, 0.3) is 0 Å². The summed E-state index contributed by atoms with van der Waals surface area (Å²) in [7, 11) is 1.35. The van der Waals surface area contributed by atoms with Crippen molar-refractivity contribution in [2.45, 2.75) is 26.4 Å². The molecule has 1 aromatic carbocycles. The summed E-state index contributed by atoms with van der Waals surface area (Å²) in [5.74, 6) is -0.419. The lowest BCUT2D eigenvalue weighted by Crippen LogP contribution is -2.08. The van der Waals surface area contributed by atoms with Crippen LogP contribution in [-0.2, 0) is 11.3 Å². The van der Waals surface area contributed by atoms with E-state index in [1.807, 2.05) is 10.9 Å². The van der Waals surface area contributed by atoms with E-state index in [1.54, 1.807) is 24.4 Å². The maximum Gasteiger partial charge on any atom is 0.340 e. The summed E-state index contributed by atoms with van der Waals surface area (Å²) in [5, 5.41) is 7.99. The minimum absolute atomic E-state index is 0.319.